The minimum atomic E-state index is -0.125. The molecule has 0 aromatic heterocycles. The SMILES string of the molecule is CC(N=C(N)N=C(N)N)c1ccc(Cl)cc1.Cl. The van der Waals surface area contributed by atoms with Gasteiger partial charge in [-0.1, -0.05) is 23.7 Å². The Balaban J connectivity index is 0.00000256. The zero-order chi connectivity index (χ0) is 12.1. The van der Waals surface area contributed by atoms with Crippen LogP contribution in [0.2, 0.25) is 5.02 Å². The van der Waals surface area contributed by atoms with Crippen molar-refractivity contribution in [2.75, 3.05) is 0 Å². The number of aliphatic imine (C=N–C) groups is 2. The topological polar surface area (TPSA) is 103 Å². The lowest BCUT2D eigenvalue weighted by atomic mass is 10.1. The number of halogens is 2. The lowest BCUT2D eigenvalue weighted by molar-refractivity contribution is 0.816. The summed E-state index contributed by atoms with van der Waals surface area (Å²) in [6, 6.07) is 7.21. The normalized spacial score (nSPS) is 12.5. The van der Waals surface area contributed by atoms with Crippen LogP contribution in [0.4, 0.5) is 0 Å². The summed E-state index contributed by atoms with van der Waals surface area (Å²) in [6.07, 6.45) is 0. The molecule has 0 heterocycles. The van der Waals surface area contributed by atoms with Crippen molar-refractivity contribution in [3.05, 3.63) is 34.9 Å². The van der Waals surface area contributed by atoms with Gasteiger partial charge in [0.25, 0.3) is 0 Å². The lowest BCUT2D eigenvalue weighted by Gasteiger charge is -2.06. The third-order valence-electron chi connectivity index (χ3n) is 1.92. The standard InChI is InChI=1S/C10H14ClN5.ClH/c1-6(15-10(14)16-9(12)13)7-2-4-8(11)5-3-7;/h2-6H,1H3,(H6,12,13,14,15,16);1H. The average Bonchev–Trinajstić information content (AvgIpc) is 2.16. The molecule has 0 aliphatic carbocycles. The average molecular weight is 276 g/mol. The molecule has 1 rings (SSSR count). The van der Waals surface area contributed by atoms with E-state index in [0.29, 0.717) is 5.02 Å². The Morgan fingerprint density at radius 2 is 1.71 bits per heavy atom. The van der Waals surface area contributed by atoms with Crippen LogP contribution in [0.25, 0.3) is 0 Å². The fraction of sp³-hybridized carbons (Fsp3) is 0.200. The molecule has 7 heteroatoms. The van der Waals surface area contributed by atoms with Gasteiger partial charge in [0, 0.05) is 5.02 Å². The van der Waals surface area contributed by atoms with Crippen LogP contribution in [-0.4, -0.2) is 11.9 Å². The Labute approximate surface area is 111 Å². The van der Waals surface area contributed by atoms with Crippen LogP contribution in [0.5, 0.6) is 0 Å². The first-order valence-electron chi connectivity index (χ1n) is 4.67. The van der Waals surface area contributed by atoms with Crippen molar-refractivity contribution in [3.63, 3.8) is 0 Å². The molecule has 1 aromatic carbocycles. The summed E-state index contributed by atoms with van der Waals surface area (Å²) < 4.78 is 0. The Morgan fingerprint density at radius 3 is 2.18 bits per heavy atom. The van der Waals surface area contributed by atoms with Gasteiger partial charge in [0.2, 0.25) is 5.96 Å². The Kier molecular flexibility index (Phi) is 6.38. The molecule has 94 valence electrons. The van der Waals surface area contributed by atoms with E-state index in [2.05, 4.69) is 9.98 Å². The first kappa shape index (κ1) is 15.5. The summed E-state index contributed by atoms with van der Waals surface area (Å²) in [5.41, 5.74) is 16.9. The van der Waals surface area contributed by atoms with Crippen LogP contribution in [0.15, 0.2) is 34.3 Å². The van der Waals surface area contributed by atoms with Gasteiger partial charge in [-0.05, 0) is 24.6 Å². The van der Waals surface area contributed by atoms with Gasteiger partial charge in [-0.2, -0.15) is 4.99 Å². The smallest absolute Gasteiger partial charge is 0.219 e. The van der Waals surface area contributed by atoms with Gasteiger partial charge in [0.05, 0.1) is 6.04 Å². The van der Waals surface area contributed by atoms with Crippen LogP contribution in [0, 0.1) is 0 Å². The third kappa shape index (κ3) is 5.42. The highest BCUT2D eigenvalue weighted by Gasteiger charge is 2.03. The van der Waals surface area contributed by atoms with E-state index in [9.17, 15) is 0 Å². The molecule has 0 spiro atoms. The number of nitrogens with zero attached hydrogens (tertiary/aromatic N) is 2. The quantitative estimate of drug-likeness (QED) is 0.562. The molecule has 0 fully saturated rings. The number of benzene rings is 1. The molecule has 0 saturated carbocycles. The predicted octanol–water partition coefficient (Wildman–Crippen LogP) is 1.41. The molecular formula is C10H15Cl2N5. The zero-order valence-corrected chi connectivity index (χ0v) is 10.9. The molecule has 5 nitrogen and oxygen atoms in total. The second-order valence-corrected chi connectivity index (χ2v) is 3.69. The number of rotatable bonds is 2. The van der Waals surface area contributed by atoms with E-state index in [-0.39, 0.29) is 30.4 Å². The van der Waals surface area contributed by atoms with Crippen molar-refractivity contribution in [1.29, 1.82) is 0 Å². The van der Waals surface area contributed by atoms with Crippen LogP contribution < -0.4 is 17.2 Å². The zero-order valence-electron chi connectivity index (χ0n) is 9.30. The second kappa shape index (κ2) is 6.98. The fourth-order valence-electron chi connectivity index (χ4n) is 1.18. The summed E-state index contributed by atoms with van der Waals surface area (Å²) >= 11 is 5.78. The number of guanidine groups is 2. The Hall–Kier alpha value is -1.46. The summed E-state index contributed by atoms with van der Waals surface area (Å²) in [4.78, 5) is 7.76. The van der Waals surface area contributed by atoms with Crippen LogP contribution in [-0.2, 0) is 0 Å². The summed E-state index contributed by atoms with van der Waals surface area (Å²) in [7, 11) is 0. The minimum absolute atomic E-state index is 0. The maximum Gasteiger partial charge on any atom is 0.219 e. The number of nitrogens with two attached hydrogens (primary N) is 3. The first-order valence-corrected chi connectivity index (χ1v) is 5.05. The molecule has 0 bridgehead atoms. The van der Waals surface area contributed by atoms with Gasteiger partial charge in [-0.25, -0.2) is 4.99 Å². The molecule has 6 N–H and O–H groups in total. The highest BCUT2D eigenvalue weighted by Crippen LogP contribution is 2.18. The number of hydrogen-bond donors (Lipinski definition) is 3. The van der Waals surface area contributed by atoms with Gasteiger partial charge in [0.15, 0.2) is 5.96 Å². The van der Waals surface area contributed by atoms with Crippen molar-refractivity contribution in [2.45, 2.75) is 13.0 Å². The summed E-state index contributed by atoms with van der Waals surface area (Å²) in [5, 5.41) is 0.678. The van der Waals surface area contributed by atoms with Crippen LogP contribution in [0.1, 0.15) is 18.5 Å². The Bertz CT molecular complexity index is 409. The highest BCUT2D eigenvalue weighted by molar-refractivity contribution is 6.30. The molecule has 0 aliphatic heterocycles. The summed E-state index contributed by atoms with van der Waals surface area (Å²) in [6.45, 7) is 1.89. The molecule has 0 aliphatic rings. The molecule has 0 radical (unpaired) electrons. The van der Waals surface area contributed by atoms with E-state index < -0.39 is 0 Å². The molecule has 1 atom stereocenters. The molecule has 1 aromatic rings. The molecule has 17 heavy (non-hydrogen) atoms. The van der Waals surface area contributed by atoms with E-state index in [1.165, 1.54) is 0 Å². The van der Waals surface area contributed by atoms with Crippen LogP contribution >= 0.6 is 24.0 Å². The molecule has 1 unspecified atom stereocenters. The lowest BCUT2D eigenvalue weighted by Crippen LogP contribution is -2.26. The molecule has 0 amide bonds. The van der Waals surface area contributed by atoms with Gasteiger partial charge in [-0.3, -0.25) is 0 Å². The van der Waals surface area contributed by atoms with Gasteiger partial charge in [0.1, 0.15) is 0 Å². The third-order valence-corrected chi connectivity index (χ3v) is 2.17. The van der Waals surface area contributed by atoms with Gasteiger partial charge < -0.3 is 17.2 Å². The maximum absolute atomic E-state index is 5.78. The number of hydrogen-bond acceptors (Lipinski definition) is 1. The van der Waals surface area contributed by atoms with Crippen molar-refractivity contribution in [3.8, 4) is 0 Å². The van der Waals surface area contributed by atoms with Crippen molar-refractivity contribution >= 4 is 35.9 Å². The van der Waals surface area contributed by atoms with E-state index in [1.807, 2.05) is 19.1 Å². The van der Waals surface area contributed by atoms with Crippen LogP contribution in [0.3, 0.4) is 0 Å². The van der Waals surface area contributed by atoms with Gasteiger partial charge >= 0.3 is 0 Å². The highest BCUT2D eigenvalue weighted by atomic mass is 35.5. The van der Waals surface area contributed by atoms with E-state index in [1.54, 1.807) is 12.1 Å². The largest absolute Gasteiger partial charge is 0.370 e. The van der Waals surface area contributed by atoms with E-state index >= 15 is 0 Å². The van der Waals surface area contributed by atoms with Crippen molar-refractivity contribution in [1.82, 2.24) is 0 Å². The predicted molar refractivity (Wildman–Crippen MR) is 74.5 cm³/mol. The monoisotopic (exact) mass is 275 g/mol. The van der Waals surface area contributed by atoms with E-state index in [4.69, 9.17) is 28.8 Å². The van der Waals surface area contributed by atoms with Gasteiger partial charge in [-0.15, -0.1) is 12.4 Å². The fourth-order valence-corrected chi connectivity index (χ4v) is 1.30. The molecular weight excluding hydrogens is 261 g/mol. The van der Waals surface area contributed by atoms with Crippen molar-refractivity contribution < 1.29 is 0 Å². The first-order chi connectivity index (χ1) is 7.49. The second-order valence-electron chi connectivity index (χ2n) is 3.25. The van der Waals surface area contributed by atoms with Crippen molar-refractivity contribution in [2.24, 2.45) is 27.2 Å². The van der Waals surface area contributed by atoms with E-state index in [0.717, 1.165) is 5.56 Å². The molecule has 0 saturated heterocycles. The maximum atomic E-state index is 5.78. The Morgan fingerprint density at radius 1 is 1.18 bits per heavy atom. The minimum Gasteiger partial charge on any atom is -0.370 e. The summed E-state index contributed by atoms with van der Waals surface area (Å²) in [5.74, 6) is -0.0491.